The Morgan fingerprint density at radius 2 is 2.12 bits per heavy atom. The highest BCUT2D eigenvalue weighted by atomic mass is 16.3. The van der Waals surface area contributed by atoms with Crippen LogP contribution in [-0.4, -0.2) is 6.54 Å². The second-order valence-corrected chi connectivity index (χ2v) is 5.36. The van der Waals surface area contributed by atoms with Gasteiger partial charge in [0.25, 0.3) is 0 Å². The van der Waals surface area contributed by atoms with Crippen LogP contribution in [0.15, 0.2) is 34.9 Å². The molecule has 2 heteroatoms. The van der Waals surface area contributed by atoms with Crippen LogP contribution < -0.4 is 5.73 Å². The van der Waals surface area contributed by atoms with Crippen molar-refractivity contribution in [3.8, 4) is 0 Å². The summed E-state index contributed by atoms with van der Waals surface area (Å²) in [7, 11) is 0. The van der Waals surface area contributed by atoms with E-state index in [-0.39, 0.29) is 0 Å². The number of fused-ring (bicyclic) bond motifs is 1. The second-order valence-electron chi connectivity index (χ2n) is 5.36. The number of hydrogen-bond acceptors (Lipinski definition) is 2. The van der Waals surface area contributed by atoms with Gasteiger partial charge in [0.15, 0.2) is 0 Å². The normalized spacial score (nSPS) is 27.2. The zero-order valence-corrected chi connectivity index (χ0v) is 9.73. The van der Waals surface area contributed by atoms with E-state index in [1.807, 2.05) is 6.07 Å². The van der Waals surface area contributed by atoms with Crippen LogP contribution in [0.1, 0.15) is 25.3 Å². The van der Waals surface area contributed by atoms with Gasteiger partial charge in [-0.05, 0) is 47.6 Å². The van der Waals surface area contributed by atoms with Gasteiger partial charge in [-0.1, -0.05) is 19.9 Å². The number of rotatable bonds is 2. The summed E-state index contributed by atoms with van der Waals surface area (Å²) >= 11 is 0. The van der Waals surface area contributed by atoms with E-state index in [2.05, 4.69) is 32.0 Å². The molecule has 2 N–H and O–H groups in total. The molecule has 2 atom stereocenters. The van der Waals surface area contributed by atoms with E-state index >= 15 is 0 Å². The largest absolute Gasteiger partial charge is 0.464 e. The molecule has 0 amide bonds. The number of benzene rings is 1. The van der Waals surface area contributed by atoms with Crippen molar-refractivity contribution >= 4 is 11.0 Å². The zero-order valence-electron chi connectivity index (χ0n) is 9.73. The fourth-order valence-electron chi connectivity index (χ4n) is 3.02. The molecular formula is C14H17NO. The van der Waals surface area contributed by atoms with E-state index in [0.29, 0.717) is 17.3 Å². The van der Waals surface area contributed by atoms with Crippen LogP contribution in [-0.2, 0) is 0 Å². The fourth-order valence-corrected chi connectivity index (χ4v) is 3.02. The van der Waals surface area contributed by atoms with Crippen molar-refractivity contribution in [3.63, 3.8) is 0 Å². The van der Waals surface area contributed by atoms with Crippen molar-refractivity contribution < 1.29 is 4.42 Å². The Bertz CT molecular complexity index is 526. The van der Waals surface area contributed by atoms with Gasteiger partial charge < -0.3 is 10.2 Å². The van der Waals surface area contributed by atoms with Gasteiger partial charge in [-0.2, -0.15) is 0 Å². The average Bonchev–Trinajstić information content (AvgIpc) is 2.62. The van der Waals surface area contributed by atoms with Gasteiger partial charge in [-0.25, -0.2) is 0 Å². The highest BCUT2D eigenvalue weighted by Gasteiger charge is 2.57. The van der Waals surface area contributed by atoms with Gasteiger partial charge in [0.2, 0.25) is 0 Å². The lowest BCUT2D eigenvalue weighted by Crippen LogP contribution is -2.05. The fraction of sp³-hybridized carbons (Fsp3) is 0.429. The topological polar surface area (TPSA) is 39.2 Å². The van der Waals surface area contributed by atoms with Gasteiger partial charge >= 0.3 is 0 Å². The Kier molecular flexibility index (Phi) is 1.93. The minimum atomic E-state index is 0.353. The highest BCUT2D eigenvalue weighted by Crippen LogP contribution is 2.63. The molecule has 1 fully saturated rings. The molecule has 16 heavy (non-hydrogen) atoms. The Morgan fingerprint density at radius 3 is 2.81 bits per heavy atom. The molecule has 3 rings (SSSR count). The third-order valence-corrected chi connectivity index (χ3v) is 4.14. The smallest absolute Gasteiger partial charge is 0.133 e. The number of hydrogen-bond donors (Lipinski definition) is 1. The predicted octanol–water partition coefficient (Wildman–Crippen LogP) is 3.13. The highest BCUT2D eigenvalue weighted by molar-refractivity contribution is 5.78. The first kappa shape index (κ1) is 9.91. The summed E-state index contributed by atoms with van der Waals surface area (Å²) in [5.41, 5.74) is 8.53. The molecule has 0 radical (unpaired) electrons. The molecule has 1 saturated carbocycles. The number of nitrogens with two attached hydrogens (primary N) is 1. The summed E-state index contributed by atoms with van der Waals surface area (Å²) in [5, 5.41) is 1.19. The summed E-state index contributed by atoms with van der Waals surface area (Å²) in [4.78, 5) is 0. The van der Waals surface area contributed by atoms with Crippen molar-refractivity contribution in [2.75, 3.05) is 6.54 Å². The van der Waals surface area contributed by atoms with E-state index in [1.165, 1.54) is 10.9 Å². The van der Waals surface area contributed by atoms with Crippen LogP contribution >= 0.6 is 0 Å². The molecule has 0 unspecified atom stereocenters. The standard InChI is InChI=1S/C14H17NO/c1-14(2)11(8-15)13(14)10-3-4-12-9(7-10)5-6-16-12/h3-7,11,13H,8,15H2,1-2H3/t11-,13-/m0/s1. The summed E-state index contributed by atoms with van der Waals surface area (Å²) in [6, 6.07) is 8.49. The Hall–Kier alpha value is -1.28. The first-order chi connectivity index (χ1) is 7.64. The number of furan rings is 1. The average molecular weight is 215 g/mol. The maximum Gasteiger partial charge on any atom is 0.133 e. The van der Waals surface area contributed by atoms with Crippen LogP contribution in [0.3, 0.4) is 0 Å². The molecule has 1 aliphatic carbocycles. The second kappa shape index (κ2) is 3.11. The van der Waals surface area contributed by atoms with E-state index in [9.17, 15) is 0 Å². The first-order valence-corrected chi connectivity index (χ1v) is 5.82. The molecule has 0 bridgehead atoms. The summed E-state index contributed by atoms with van der Waals surface area (Å²) < 4.78 is 5.35. The molecule has 84 valence electrons. The van der Waals surface area contributed by atoms with Crippen LogP contribution in [0.2, 0.25) is 0 Å². The lowest BCUT2D eigenvalue weighted by molar-refractivity contribution is 0.558. The maximum atomic E-state index is 5.81. The summed E-state index contributed by atoms with van der Waals surface area (Å²) in [5.74, 6) is 1.23. The maximum absolute atomic E-state index is 5.81. The summed E-state index contributed by atoms with van der Waals surface area (Å²) in [6.45, 7) is 5.38. The van der Waals surface area contributed by atoms with Crippen LogP contribution in [0, 0.1) is 11.3 Å². The monoisotopic (exact) mass is 215 g/mol. The van der Waals surface area contributed by atoms with Crippen molar-refractivity contribution in [2.45, 2.75) is 19.8 Å². The molecule has 1 aromatic heterocycles. The van der Waals surface area contributed by atoms with Crippen molar-refractivity contribution in [1.29, 1.82) is 0 Å². The van der Waals surface area contributed by atoms with E-state index in [0.717, 1.165) is 12.1 Å². The van der Waals surface area contributed by atoms with Crippen LogP contribution in [0.5, 0.6) is 0 Å². The third-order valence-electron chi connectivity index (χ3n) is 4.14. The molecular weight excluding hydrogens is 198 g/mol. The minimum Gasteiger partial charge on any atom is -0.464 e. The van der Waals surface area contributed by atoms with Crippen molar-refractivity contribution in [3.05, 3.63) is 36.1 Å². The quantitative estimate of drug-likeness (QED) is 0.836. The van der Waals surface area contributed by atoms with Gasteiger partial charge in [-0.15, -0.1) is 0 Å². The Labute approximate surface area is 95.4 Å². The van der Waals surface area contributed by atoms with Crippen LogP contribution in [0.25, 0.3) is 11.0 Å². The SMILES string of the molecule is CC1(C)[C@@H](CN)[C@@H]1c1ccc2occc2c1. The van der Waals surface area contributed by atoms with Crippen molar-refractivity contribution in [1.82, 2.24) is 0 Å². The van der Waals surface area contributed by atoms with Crippen LogP contribution in [0.4, 0.5) is 0 Å². The van der Waals surface area contributed by atoms with Gasteiger partial charge in [0, 0.05) is 5.39 Å². The lowest BCUT2D eigenvalue weighted by Gasteiger charge is -2.02. The van der Waals surface area contributed by atoms with E-state index < -0.39 is 0 Å². The zero-order chi connectivity index (χ0) is 11.3. The molecule has 0 saturated heterocycles. The Morgan fingerprint density at radius 1 is 1.31 bits per heavy atom. The molecule has 0 aliphatic heterocycles. The van der Waals surface area contributed by atoms with E-state index in [1.54, 1.807) is 6.26 Å². The molecule has 2 aromatic rings. The predicted molar refractivity (Wildman–Crippen MR) is 65.3 cm³/mol. The molecule has 0 spiro atoms. The third kappa shape index (κ3) is 1.23. The van der Waals surface area contributed by atoms with E-state index in [4.69, 9.17) is 10.2 Å². The molecule has 1 heterocycles. The minimum absolute atomic E-state index is 0.353. The lowest BCUT2D eigenvalue weighted by atomic mass is 10.0. The Balaban J connectivity index is 2.01. The van der Waals surface area contributed by atoms with Crippen molar-refractivity contribution in [2.24, 2.45) is 17.1 Å². The molecule has 2 nitrogen and oxygen atoms in total. The van der Waals surface area contributed by atoms with Gasteiger partial charge in [-0.3, -0.25) is 0 Å². The molecule has 1 aliphatic rings. The summed E-state index contributed by atoms with van der Waals surface area (Å²) in [6.07, 6.45) is 1.74. The van der Waals surface area contributed by atoms with Gasteiger partial charge in [0.1, 0.15) is 5.58 Å². The van der Waals surface area contributed by atoms with Gasteiger partial charge in [0.05, 0.1) is 6.26 Å². The first-order valence-electron chi connectivity index (χ1n) is 5.82. The molecule has 1 aromatic carbocycles.